The van der Waals surface area contributed by atoms with Crippen molar-refractivity contribution in [2.75, 3.05) is 13.1 Å². The van der Waals surface area contributed by atoms with Crippen molar-refractivity contribution >= 4 is 11.6 Å². The molecule has 0 spiro atoms. The summed E-state index contributed by atoms with van der Waals surface area (Å²) >= 11 is 0. The molecule has 0 N–H and O–H groups in total. The van der Waals surface area contributed by atoms with Crippen LogP contribution in [-0.4, -0.2) is 35.2 Å². The van der Waals surface area contributed by atoms with Gasteiger partial charge in [-0.3, -0.25) is 4.79 Å². The van der Waals surface area contributed by atoms with E-state index in [0.717, 1.165) is 37.2 Å². The van der Waals surface area contributed by atoms with Crippen molar-refractivity contribution in [3.63, 3.8) is 0 Å². The number of likely N-dealkylation sites (tertiary alicyclic amines) is 1. The van der Waals surface area contributed by atoms with Crippen LogP contribution in [0.2, 0.25) is 0 Å². The molecule has 4 heteroatoms. The van der Waals surface area contributed by atoms with E-state index >= 15 is 0 Å². The number of benzene rings is 1. The Morgan fingerprint density at radius 2 is 1.90 bits per heavy atom. The van der Waals surface area contributed by atoms with E-state index in [9.17, 15) is 4.79 Å². The van der Waals surface area contributed by atoms with Gasteiger partial charge in [-0.05, 0) is 31.7 Å². The second-order valence-electron chi connectivity index (χ2n) is 5.76. The smallest absolute Gasteiger partial charge is 0.269 e. The second-order valence-corrected chi connectivity index (χ2v) is 5.76. The Kier molecular flexibility index (Phi) is 3.47. The van der Waals surface area contributed by atoms with Gasteiger partial charge < -0.3 is 9.74 Å². The summed E-state index contributed by atoms with van der Waals surface area (Å²) in [4.78, 5) is 20.1. The highest BCUT2D eigenvalue weighted by Crippen LogP contribution is 2.29. The molecule has 3 rings (SSSR count). The summed E-state index contributed by atoms with van der Waals surface area (Å²) < 4.78 is 0. The van der Waals surface area contributed by atoms with Gasteiger partial charge in [0, 0.05) is 19.5 Å². The molecule has 106 valence electrons. The van der Waals surface area contributed by atoms with Crippen LogP contribution in [-0.2, 0) is 9.63 Å². The van der Waals surface area contributed by atoms with E-state index in [1.165, 1.54) is 6.42 Å². The summed E-state index contributed by atoms with van der Waals surface area (Å²) in [5.74, 6) is 0.0758. The largest absolute Gasteiger partial charge is 0.379 e. The highest BCUT2D eigenvalue weighted by Gasteiger charge is 2.44. The molecule has 0 bridgehead atoms. The number of rotatable bonds is 2. The molecule has 0 aliphatic carbocycles. The number of nitrogens with zero attached hydrogens (tertiary/aromatic N) is 2. The molecule has 1 fully saturated rings. The van der Waals surface area contributed by atoms with Crippen LogP contribution < -0.4 is 0 Å². The Bertz CT molecular complexity index is 521. The minimum atomic E-state index is -0.831. The SMILES string of the molecule is CC1(C(=O)N2CCCCC2)CC(c2ccccc2)=NO1. The maximum absolute atomic E-state index is 12.6. The maximum atomic E-state index is 12.6. The zero-order valence-corrected chi connectivity index (χ0v) is 11.8. The Morgan fingerprint density at radius 3 is 2.60 bits per heavy atom. The fourth-order valence-electron chi connectivity index (χ4n) is 2.87. The Hall–Kier alpha value is -1.84. The number of piperidine rings is 1. The van der Waals surface area contributed by atoms with Gasteiger partial charge in [-0.25, -0.2) is 0 Å². The summed E-state index contributed by atoms with van der Waals surface area (Å²) in [6.07, 6.45) is 3.95. The number of carbonyl (C=O) groups is 1. The fraction of sp³-hybridized carbons (Fsp3) is 0.500. The molecule has 20 heavy (non-hydrogen) atoms. The Labute approximate surface area is 119 Å². The number of hydrogen-bond donors (Lipinski definition) is 0. The lowest BCUT2D eigenvalue weighted by Gasteiger charge is -2.32. The summed E-state index contributed by atoms with van der Waals surface area (Å²) in [5, 5.41) is 4.14. The molecule has 1 saturated heterocycles. The van der Waals surface area contributed by atoms with E-state index in [1.807, 2.05) is 42.2 Å². The third-order valence-corrected chi connectivity index (χ3v) is 4.06. The van der Waals surface area contributed by atoms with Gasteiger partial charge in [0.05, 0.1) is 5.71 Å². The van der Waals surface area contributed by atoms with E-state index in [0.29, 0.717) is 6.42 Å². The molecule has 2 aliphatic heterocycles. The van der Waals surface area contributed by atoms with Gasteiger partial charge in [0.1, 0.15) is 0 Å². The predicted octanol–water partition coefficient (Wildman–Crippen LogP) is 2.58. The summed E-state index contributed by atoms with van der Waals surface area (Å²) in [6, 6.07) is 9.91. The van der Waals surface area contributed by atoms with Gasteiger partial charge in [-0.15, -0.1) is 0 Å². The normalized spacial score (nSPS) is 26.1. The molecule has 0 saturated carbocycles. The molecule has 1 atom stereocenters. The highest BCUT2D eigenvalue weighted by molar-refractivity contribution is 6.05. The van der Waals surface area contributed by atoms with Gasteiger partial charge in [-0.1, -0.05) is 35.5 Å². The first-order valence-electron chi connectivity index (χ1n) is 7.29. The Balaban J connectivity index is 1.71. The van der Waals surface area contributed by atoms with Crippen LogP contribution >= 0.6 is 0 Å². The van der Waals surface area contributed by atoms with Gasteiger partial charge in [0.25, 0.3) is 5.91 Å². The van der Waals surface area contributed by atoms with Crippen molar-refractivity contribution in [1.29, 1.82) is 0 Å². The van der Waals surface area contributed by atoms with Crippen molar-refractivity contribution in [2.45, 2.75) is 38.2 Å². The van der Waals surface area contributed by atoms with Crippen molar-refractivity contribution < 1.29 is 9.63 Å². The maximum Gasteiger partial charge on any atom is 0.269 e. The van der Waals surface area contributed by atoms with Crippen LogP contribution in [0.5, 0.6) is 0 Å². The van der Waals surface area contributed by atoms with Crippen LogP contribution in [0.1, 0.15) is 38.2 Å². The lowest BCUT2D eigenvalue weighted by Crippen LogP contribution is -2.49. The van der Waals surface area contributed by atoms with Crippen molar-refractivity contribution in [3.05, 3.63) is 35.9 Å². The van der Waals surface area contributed by atoms with Gasteiger partial charge in [0.15, 0.2) is 0 Å². The minimum Gasteiger partial charge on any atom is -0.379 e. The summed E-state index contributed by atoms with van der Waals surface area (Å²) in [5.41, 5.74) is 1.06. The van der Waals surface area contributed by atoms with Gasteiger partial charge in [-0.2, -0.15) is 0 Å². The molecule has 4 nitrogen and oxygen atoms in total. The summed E-state index contributed by atoms with van der Waals surface area (Å²) in [6.45, 7) is 3.54. The molecule has 0 aromatic heterocycles. The first-order valence-corrected chi connectivity index (χ1v) is 7.29. The fourth-order valence-corrected chi connectivity index (χ4v) is 2.87. The van der Waals surface area contributed by atoms with Gasteiger partial charge >= 0.3 is 0 Å². The number of oxime groups is 1. The van der Waals surface area contributed by atoms with Crippen LogP contribution in [0.15, 0.2) is 35.5 Å². The topological polar surface area (TPSA) is 41.9 Å². The van der Waals surface area contributed by atoms with Crippen LogP contribution in [0.4, 0.5) is 0 Å². The van der Waals surface area contributed by atoms with Crippen molar-refractivity contribution in [3.8, 4) is 0 Å². The average Bonchev–Trinajstić information content (AvgIpc) is 2.92. The first kappa shape index (κ1) is 13.2. The molecule has 0 radical (unpaired) electrons. The van der Waals surface area contributed by atoms with E-state index in [4.69, 9.17) is 4.84 Å². The lowest BCUT2D eigenvalue weighted by atomic mass is 9.94. The molecule has 1 aromatic rings. The van der Waals surface area contributed by atoms with Crippen LogP contribution in [0, 0.1) is 0 Å². The van der Waals surface area contributed by atoms with E-state index < -0.39 is 5.60 Å². The molecule has 1 unspecified atom stereocenters. The third kappa shape index (κ3) is 2.42. The quantitative estimate of drug-likeness (QED) is 0.830. The Morgan fingerprint density at radius 1 is 1.20 bits per heavy atom. The average molecular weight is 272 g/mol. The third-order valence-electron chi connectivity index (χ3n) is 4.06. The zero-order chi connectivity index (χ0) is 14.0. The molecule has 1 aromatic carbocycles. The molecular weight excluding hydrogens is 252 g/mol. The lowest BCUT2D eigenvalue weighted by molar-refractivity contribution is -0.154. The molecule has 2 heterocycles. The first-order chi connectivity index (χ1) is 9.69. The van der Waals surface area contributed by atoms with Crippen molar-refractivity contribution in [2.24, 2.45) is 5.16 Å². The highest BCUT2D eigenvalue weighted by atomic mass is 16.7. The molecule has 1 amide bonds. The standard InChI is InChI=1S/C16H20N2O2/c1-16(15(19)18-10-6-3-7-11-18)12-14(17-20-16)13-8-4-2-5-9-13/h2,4-5,8-9H,3,6-7,10-12H2,1H3. The van der Waals surface area contributed by atoms with E-state index in [-0.39, 0.29) is 5.91 Å². The predicted molar refractivity (Wildman–Crippen MR) is 77.5 cm³/mol. The minimum absolute atomic E-state index is 0.0758. The zero-order valence-electron chi connectivity index (χ0n) is 11.8. The van der Waals surface area contributed by atoms with Crippen molar-refractivity contribution in [1.82, 2.24) is 4.90 Å². The van der Waals surface area contributed by atoms with Gasteiger partial charge in [0.2, 0.25) is 5.60 Å². The number of hydrogen-bond acceptors (Lipinski definition) is 3. The van der Waals surface area contributed by atoms with E-state index in [2.05, 4.69) is 5.16 Å². The number of amides is 1. The van der Waals surface area contributed by atoms with Crippen LogP contribution in [0.25, 0.3) is 0 Å². The molecular formula is C16H20N2O2. The number of carbonyl (C=O) groups excluding carboxylic acids is 1. The summed E-state index contributed by atoms with van der Waals surface area (Å²) in [7, 11) is 0. The van der Waals surface area contributed by atoms with E-state index in [1.54, 1.807) is 0 Å². The van der Waals surface area contributed by atoms with Crippen LogP contribution in [0.3, 0.4) is 0 Å². The molecule has 2 aliphatic rings. The monoisotopic (exact) mass is 272 g/mol. The second kappa shape index (κ2) is 5.27.